The van der Waals surface area contributed by atoms with Gasteiger partial charge in [-0.3, -0.25) is 9.11 Å². The minimum Gasteiger partial charge on any atom is -0.309 e. The van der Waals surface area contributed by atoms with Gasteiger partial charge in [0, 0.05) is 0 Å². The number of hydrogen-bond acceptors (Lipinski definition) is 4. The van der Waals surface area contributed by atoms with E-state index in [0.717, 1.165) is 0 Å². The maximum Gasteiger partial charge on any atom is 0.316 e. The molecule has 8 nitrogen and oxygen atoms in total. The van der Waals surface area contributed by atoms with E-state index in [9.17, 15) is 16.8 Å². The molecule has 0 aromatic heterocycles. The molecule has 116 valence electrons. The fraction of sp³-hybridized carbons (Fsp3) is 1.00. The van der Waals surface area contributed by atoms with E-state index >= 15 is 0 Å². The van der Waals surface area contributed by atoms with Gasteiger partial charge in [-0.15, -0.1) is 0 Å². The molecule has 1 atom stereocenters. The second-order valence-electron chi connectivity index (χ2n) is 5.74. The van der Waals surface area contributed by atoms with Gasteiger partial charge in [0.1, 0.15) is 13.1 Å². The van der Waals surface area contributed by atoms with Gasteiger partial charge in [-0.25, -0.2) is 0 Å². The third-order valence-corrected chi connectivity index (χ3v) is 4.97. The van der Waals surface area contributed by atoms with E-state index in [1.54, 1.807) is 28.1 Å². The monoisotopic (exact) mass is 320 g/mol. The number of quaternary nitrogens is 2. The Morgan fingerprint density at radius 2 is 1.26 bits per heavy atom. The number of likely N-dealkylation sites (N-methyl/N-ethyl adjacent to an activating group) is 2. The average Bonchev–Trinajstić information content (AvgIpc) is 2.09. The fourth-order valence-electron chi connectivity index (χ4n) is 1.73. The highest BCUT2D eigenvalue weighted by Gasteiger charge is 2.31. The summed E-state index contributed by atoms with van der Waals surface area (Å²) in [7, 11) is -3.27. The van der Waals surface area contributed by atoms with Crippen molar-refractivity contribution in [3.05, 3.63) is 0 Å². The molecule has 0 amide bonds. The van der Waals surface area contributed by atoms with Crippen LogP contribution in [-0.2, 0) is 20.2 Å². The maximum absolute atomic E-state index is 11.0. The normalized spacial score (nSPS) is 17.2. The molecule has 2 N–H and O–H groups in total. The van der Waals surface area contributed by atoms with Crippen molar-refractivity contribution in [1.82, 2.24) is 0 Å². The molecule has 0 radical (unpaired) electrons. The summed E-state index contributed by atoms with van der Waals surface area (Å²) < 4.78 is 61.5. The van der Waals surface area contributed by atoms with Crippen molar-refractivity contribution in [3.8, 4) is 0 Å². The smallest absolute Gasteiger partial charge is 0.309 e. The highest BCUT2D eigenvalue weighted by molar-refractivity contribution is 7.85. The van der Waals surface area contributed by atoms with Crippen LogP contribution in [0.15, 0.2) is 0 Å². The Hall–Kier alpha value is -0.260. The summed E-state index contributed by atoms with van der Waals surface area (Å²) in [4.78, 5) is 0. The molecule has 0 spiro atoms. The Labute approximate surface area is 115 Å². The lowest BCUT2D eigenvalue weighted by molar-refractivity contribution is -0.944. The zero-order valence-electron chi connectivity index (χ0n) is 11.8. The Balaban J connectivity index is 4.75. The number of rotatable bonds is 8. The molecule has 19 heavy (non-hydrogen) atoms. The van der Waals surface area contributed by atoms with Crippen molar-refractivity contribution >= 4 is 20.2 Å². The van der Waals surface area contributed by atoms with Gasteiger partial charge in [0.05, 0.1) is 27.7 Å². The van der Waals surface area contributed by atoms with Gasteiger partial charge in [0.15, 0.2) is 0 Å². The van der Waals surface area contributed by atoms with Crippen LogP contribution in [0.4, 0.5) is 0 Å². The number of hydrogen-bond donors (Lipinski definition) is 2. The van der Waals surface area contributed by atoms with Crippen LogP contribution in [0.1, 0.15) is 6.92 Å². The first kappa shape index (κ1) is 18.7. The summed E-state index contributed by atoms with van der Waals surface area (Å²) in [6.45, 7) is 2.97. The van der Waals surface area contributed by atoms with Gasteiger partial charge in [-0.1, -0.05) is 0 Å². The second kappa shape index (κ2) is 6.02. The number of nitrogens with zero attached hydrogens (tertiary/aromatic N) is 2. The zero-order valence-corrected chi connectivity index (χ0v) is 13.4. The summed E-state index contributed by atoms with van der Waals surface area (Å²) in [6, 6.07) is 0. The van der Waals surface area contributed by atoms with Crippen LogP contribution >= 0.6 is 0 Å². The first-order valence-electron chi connectivity index (χ1n) is 5.74. The van der Waals surface area contributed by atoms with Crippen LogP contribution in [0.3, 0.4) is 0 Å². The first-order chi connectivity index (χ1) is 8.18. The van der Waals surface area contributed by atoms with Gasteiger partial charge >= 0.3 is 20.2 Å². The van der Waals surface area contributed by atoms with E-state index in [4.69, 9.17) is 9.11 Å². The van der Waals surface area contributed by atoms with Gasteiger partial charge < -0.3 is 8.97 Å². The topological polar surface area (TPSA) is 109 Å². The molecule has 0 aliphatic carbocycles. The van der Waals surface area contributed by atoms with Gasteiger partial charge in [-0.05, 0) is 6.92 Å². The molecule has 0 fully saturated rings. The minimum atomic E-state index is -4.10. The SMILES string of the molecule is CC[N+](C)(CC[N+](C)(C)CS(=O)(=O)O)CS(=O)(=O)O. The molecule has 0 saturated carbocycles. The first-order valence-corrected chi connectivity index (χ1v) is 8.96. The summed E-state index contributed by atoms with van der Waals surface area (Å²) in [5.74, 6) is -0.863. The fourth-order valence-corrected chi connectivity index (χ4v) is 3.84. The molecular formula is C9H24N2O6S2+2. The predicted octanol–water partition coefficient (Wildman–Crippen LogP) is -0.780. The van der Waals surface area contributed by atoms with Crippen molar-refractivity contribution in [2.24, 2.45) is 0 Å². The van der Waals surface area contributed by atoms with Crippen LogP contribution in [0.2, 0.25) is 0 Å². The van der Waals surface area contributed by atoms with E-state index in [2.05, 4.69) is 0 Å². The second-order valence-corrected chi connectivity index (χ2v) is 8.58. The largest absolute Gasteiger partial charge is 0.316 e. The van der Waals surface area contributed by atoms with Gasteiger partial charge in [0.2, 0.25) is 11.8 Å². The molecule has 0 aromatic rings. The van der Waals surface area contributed by atoms with E-state index in [-0.39, 0.29) is 8.97 Å². The Morgan fingerprint density at radius 3 is 1.58 bits per heavy atom. The molecule has 0 aromatic carbocycles. The molecule has 0 bridgehead atoms. The van der Waals surface area contributed by atoms with Gasteiger partial charge in [-0.2, -0.15) is 16.8 Å². The predicted molar refractivity (Wildman–Crippen MR) is 71.4 cm³/mol. The lowest BCUT2D eigenvalue weighted by Gasteiger charge is -2.36. The molecule has 0 aliphatic heterocycles. The van der Waals surface area contributed by atoms with Crippen molar-refractivity contribution < 1.29 is 34.9 Å². The van der Waals surface area contributed by atoms with E-state index in [1.165, 1.54) is 0 Å². The standard InChI is InChI=1S/C9H22N2O6S2/c1-5-11(4,9-19(15,16)17)7-6-10(2,3)8-18(12,13)14/h5-9H2,1-4H3/p+2. The van der Waals surface area contributed by atoms with E-state index in [1.807, 2.05) is 0 Å². The van der Waals surface area contributed by atoms with Gasteiger partial charge in [0.25, 0.3) is 0 Å². The molecule has 10 heteroatoms. The van der Waals surface area contributed by atoms with Crippen molar-refractivity contribution in [2.75, 3.05) is 52.5 Å². The molecular weight excluding hydrogens is 296 g/mol. The summed E-state index contributed by atoms with van der Waals surface area (Å²) >= 11 is 0. The lowest BCUT2D eigenvalue weighted by atomic mass is 10.4. The average molecular weight is 320 g/mol. The third kappa shape index (κ3) is 9.30. The Kier molecular flexibility index (Phi) is 5.94. The summed E-state index contributed by atoms with van der Waals surface area (Å²) in [6.07, 6.45) is 0. The lowest BCUT2D eigenvalue weighted by Crippen LogP contribution is -2.55. The zero-order chi connectivity index (χ0) is 15.5. The van der Waals surface area contributed by atoms with E-state index in [0.29, 0.717) is 19.6 Å². The van der Waals surface area contributed by atoms with Crippen molar-refractivity contribution in [1.29, 1.82) is 0 Å². The summed E-state index contributed by atoms with van der Waals surface area (Å²) in [5.41, 5.74) is 0. The molecule has 0 heterocycles. The summed E-state index contributed by atoms with van der Waals surface area (Å²) in [5, 5.41) is 0. The quantitative estimate of drug-likeness (QED) is 0.448. The van der Waals surface area contributed by atoms with Crippen molar-refractivity contribution in [3.63, 3.8) is 0 Å². The molecule has 0 rings (SSSR count). The Morgan fingerprint density at radius 1 is 0.842 bits per heavy atom. The molecule has 0 aliphatic rings. The maximum atomic E-state index is 11.0. The van der Waals surface area contributed by atoms with Crippen LogP contribution in [0.25, 0.3) is 0 Å². The van der Waals surface area contributed by atoms with Crippen LogP contribution in [-0.4, -0.2) is 87.4 Å². The van der Waals surface area contributed by atoms with Crippen LogP contribution < -0.4 is 0 Å². The molecule has 1 unspecified atom stereocenters. The van der Waals surface area contributed by atoms with E-state index < -0.39 is 32.0 Å². The van der Waals surface area contributed by atoms with Crippen LogP contribution in [0.5, 0.6) is 0 Å². The Bertz CT molecular complexity index is 499. The minimum absolute atomic E-state index is 0.0121. The third-order valence-electron chi connectivity index (χ3n) is 3.00. The highest BCUT2D eigenvalue weighted by atomic mass is 32.2. The molecule has 0 saturated heterocycles. The van der Waals surface area contributed by atoms with Crippen LogP contribution in [0, 0.1) is 0 Å². The van der Waals surface area contributed by atoms with Crippen molar-refractivity contribution in [2.45, 2.75) is 6.92 Å². The highest BCUT2D eigenvalue weighted by Crippen LogP contribution is 2.09.